The molecule has 2 heterocycles. The average molecular weight is 344 g/mol. The van der Waals surface area contributed by atoms with Crippen LogP contribution in [-0.2, 0) is 9.53 Å². The molecule has 116 valence electrons. The van der Waals surface area contributed by atoms with Gasteiger partial charge in [0, 0.05) is 4.88 Å². The summed E-state index contributed by atoms with van der Waals surface area (Å²) < 4.78 is 4.73. The summed E-state index contributed by atoms with van der Waals surface area (Å²) >= 11 is 6.40. The number of hydrogen-bond donors (Lipinski definition) is 2. The van der Waals surface area contributed by atoms with Crippen LogP contribution in [-0.4, -0.2) is 24.1 Å². The number of nitrogens with one attached hydrogen (secondary N) is 2. The van der Waals surface area contributed by atoms with Gasteiger partial charge in [0.25, 0.3) is 5.91 Å². The number of carbonyl (C=O) groups excluding carboxylic acids is 2. The monoisotopic (exact) mass is 344 g/mol. The molecule has 0 aliphatic carbocycles. The smallest absolute Gasteiger partial charge is 0.337 e. The number of rotatable bonds is 3. The van der Waals surface area contributed by atoms with Gasteiger partial charge in [-0.15, -0.1) is 11.3 Å². The standard InChI is InChI=1S/C16H12N2O3S2/c1-21-15(20)10-4-2-3-9(5-10)11-6-12(23-8-11)7-13-14(19)18-16(22)17-13/h2-8H,1H3,(H2,17,18,19,22). The molecule has 23 heavy (non-hydrogen) atoms. The van der Waals surface area contributed by atoms with Gasteiger partial charge in [0.15, 0.2) is 5.11 Å². The molecule has 1 amide bonds. The molecule has 1 fully saturated rings. The second kappa shape index (κ2) is 6.31. The van der Waals surface area contributed by atoms with Crippen LogP contribution in [0.5, 0.6) is 0 Å². The van der Waals surface area contributed by atoms with E-state index < -0.39 is 0 Å². The number of esters is 1. The van der Waals surface area contributed by atoms with Gasteiger partial charge in [0.1, 0.15) is 5.70 Å². The van der Waals surface area contributed by atoms with Crippen molar-refractivity contribution in [2.45, 2.75) is 0 Å². The Morgan fingerprint density at radius 2 is 2.09 bits per heavy atom. The van der Waals surface area contributed by atoms with E-state index >= 15 is 0 Å². The van der Waals surface area contributed by atoms with Crippen molar-refractivity contribution in [3.05, 3.63) is 51.8 Å². The molecule has 1 aromatic heterocycles. The third kappa shape index (κ3) is 3.30. The highest BCUT2D eigenvalue weighted by atomic mass is 32.1. The molecule has 1 aromatic carbocycles. The van der Waals surface area contributed by atoms with Crippen LogP contribution in [0.2, 0.25) is 0 Å². The minimum atomic E-state index is -0.371. The summed E-state index contributed by atoms with van der Waals surface area (Å²) in [6, 6.07) is 9.16. The molecule has 3 rings (SSSR count). The molecule has 0 saturated carbocycles. The summed E-state index contributed by atoms with van der Waals surface area (Å²) in [4.78, 5) is 24.2. The van der Waals surface area contributed by atoms with Crippen LogP contribution in [0, 0.1) is 0 Å². The number of carbonyl (C=O) groups is 2. The molecular weight excluding hydrogens is 332 g/mol. The van der Waals surface area contributed by atoms with Crippen LogP contribution in [0.1, 0.15) is 15.2 Å². The van der Waals surface area contributed by atoms with Crippen LogP contribution < -0.4 is 10.6 Å². The first-order chi connectivity index (χ1) is 11.1. The first-order valence-corrected chi connectivity index (χ1v) is 7.97. The lowest BCUT2D eigenvalue weighted by molar-refractivity contribution is -0.115. The van der Waals surface area contributed by atoms with Crippen molar-refractivity contribution < 1.29 is 14.3 Å². The van der Waals surface area contributed by atoms with Gasteiger partial charge in [-0.05, 0) is 53.0 Å². The van der Waals surface area contributed by atoms with E-state index in [1.165, 1.54) is 18.4 Å². The first kappa shape index (κ1) is 15.4. The Kier molecular flexibility index (Phi) is 4.22. The zero-order valence-electron chi connectivity index (χ0n) is 12.1. The maximum Gasteiger partial charge on any atom is 0.337 e. The van der Waals surface area contributed by atoms with Gasteiger partial charge in [-0.25, -0.2) is 4.79 Å². The predicted octanol–water partition coefficient (Wildman–Crippen LogP) is 2.55. The van der Waals surface area contributed by atoms with Crippen molar-refractivity contribution in [2.75, 3.05) is 7.11 Å². The fraction of sp³-hybridized carbons (Fsp3) is 0.0625. The number of thiophene rings is 1. The Balaban J connectivity index is 1.88. The second-order valence-electron chi connectivity index (χ2n) is 4.78. The van der Waals surface area contributed by atoms with E-state index in [9.17, 15) is 9.59 Å². The lowest BCUT2D eigenvalue weighted by atomic mass is 10.1. The van der Waals surface area contributed by atoms with Crippen molar-refractivity contribution in [3.63, 3.8) is 0 Å². The molecule has 0 bridgehead atoms. The Labute approximate surface area is 142 Å². The van der Waals surface area contributed by atoms with Gasteiger partial charge in [0.2, 0.25) is 0 Å². The van der Waals surface area contributed by atoms with Crippen molar-refractivity contribution in [3.8, 4) is 11.1 Å². The molecule has 1 aliphatic rings. The summed E-state index contributed by atoms with van der Waals surface area (Å²) in [5.41, 5.74) is 2.80. The van der Waals surface area contributed by atoms with Gasteiger partial charge in [0.05, 0.1) is 12.7 Å². The summed E-state index contributed by atoms with van der Waals surface area (Å²) in [7, 11) is 1.36. The predicted molar refractivity (Wildman–Crippen MR) is 92.9 cm³/mol. The first-order valence-electron chi connectivity index (χ1n) is 6.68. The Morgan fingerprint density at radius 3 is 2.78 bits per heavy atom. The molecule has 0 spiro atoms. The highest BCUT2D eigenvalue weighted by molar-refractivity contribution is 7.80. The fourth-order valence-electron chi connectivity index (χ4n) is 2.15. The molecular formula is C16H12N2O3S2. The molecule has 7 heteroatoms. The molecule has 0 unspecified atom stereocenters. The van der Waals surface area contributed by atoms with E-state index in [2.05, 4.69) is 10.6 Å². The van der Waals surface area contributed by atoms with E-state index in [-0.39, 0.29) is 11.9 Å². The Morgan fingerprint density at radius 1 is 1.26 bits per heavy atom. The highest BCUT2D eigenvalue weighted by Crippen LogP contribution is 2.28. The fourth-order valence-corrected chi connectivity index (χ4v) is 3.20. The minimum Gasteiger partial charge on any atom is -0.465 e. The number of ether oxygens (including phenoxy) is 1. The Hall–Kier alpha value is -2.51. The maximum absolute atomic E-state index is 11.6. The zero-order valence-corrected chi connectivity index (χ0v) is 13.7. The molecule has 2 aromatic rings. The van der Waals surface area contributed by atoms with Crippen molar-refractivity contribution in [1.82, 2.24) is 10.6 Å². The lowest BCUT2D eigenvalue weighted by Gasteiger charge is -2.02. The van der Waals surface area contributed by atoms with Gasteiger partial charge < -0.3 is 10.1 Å². The van der Waals surface area contributed by atoms with Crippen molar-refractivity contribution >= 4 is 46.6 Å². The SMILES string of the molecule is COC(=O)c1cccc(-c2csc(C=C3NC(=S)NC3=O)c2)c1. The quantitative estimate of drug-likeness (QED) is 0.509. The minimum absolute atomic E-state index is 0.238. The van der Waals surface area contributed by atoms with E-state index in [0.717, 1.165) is 16.0 Å². The number of methoxy groups -OCH3 is 1. The number of amides is 1. The number of thiocarbonyl (C=S) groups is 1. The third-order valence-corrected chi connectivity index (χ3v) is 4.33. The zero-order chi connectivity index (χ0) is 16.4. The van der Waals surface area contributed by atoms with Gasteiger partial charge in [-0.1, -0.05) is 12.1 Å². The van der Waals surface area contributed by atoms with E-state index in [0.29, 0.717) is 16.4 Å². The van der Waals surface area contributed by atoms with Crippen LogP contribution in [0.15, 0.2) is 41.4 Å². The Bertz CT molecular complexity index is 839. The topological polar surface area (TPSA) is 67.4 Å². The lowest BCUT2D eigenvalue weighted by Crippen LogP contribution is -2.21. The maximum atomic E-state index is 11.6. The molecule has 1 aliphatic heterocycles. The molecule has 0 atom stereocenters. The van der Waals surface area contributed by atoms with E-state index in [1.807, 2.05) is 23.6 Å². The number of hydrogen-bond acceptors (Lipinski definition) is 5. The van der Waals surface area contributed by atoms with E-state index in [4.69, 9.17) is 17.0 Å². The summed E-state index contributed by atoms with van der Waals surface area (Å²) in [6.45, 7) is 0. The average Bonchev–Trinajstić information content (AvgIpc) is 3.14. The second-order valence-corrected chi connectivity index (χ2v) is 6.13. The summed E-state index contributed by atoms with van der Waals surface area (Å²) in [5.74, 6) is -0.609. The normalized spacial score (nSPS) is 15.4. The molecule has 2 N–H and O–H groups in total. The van der Waals surface area contributed by atoms with Gasteiger partial charge in [-0.3, -0.25) is 10.1 Å². The van der Waals surface area contributed by atoms with Crippen molar-refractivity contribution in [2.24, 2.45) is 0 Å². The van der Waals surface area contributed by atoms with Gasteiger partial charge in [-0.2, -0.15) is 0 Å². The third-order valence-electron chi connectivity index (χ3n) is 3.24. The molecule has 5 nitrogen and oxygen atoms in total. The van der Waals surface area contributed by atoms with Crippen LogP contribution in [0.25, 0.3) is 17.2 Å². The highest BCUT2D eigenvalue weighted by Gasteiger charge is 2.20. The largest absolute Gasteiger partial charge is 0.465 e. The molecule has 1 saturated heterocycles. The van der Waals surface area contributed by atoms with Crippen LogP contribution in [0.4, 0.5) is 0 Å². The van der Waals surface area contributed by atoms with Crippen LogP contribution in [0.3, 0.4) is 0 Å². The summed E-state index contributed by atoms with van der Waals surface area (Å²) in [5, 5.41) is 7.60. The van der Waals surface area contributed by atoms with Crippen LogP contribution >= 0.6 is 23.6 Å². The van der Waals surface area contributed by atoms with Gasteiger partial charge >= 0.3 is 5.97 Å². The number of benzene rings is 1. The molecule has 0 radical (unpaired) electrons. The van der Waals surface area contributed by atoms with E-state index in [1.54, 1.807) is 18.2 Å². The van der Waals surface area contributed by atoms with Crippen molar-refractivity contribution in [1.29, 1.82) is 0 Å². The summed E-state index contributed by atoms with van der Waals surface area (Å²) in [6.07, 6.45) is 1.74.